The van der Waals surface area contributed by atoms with Gasteiger partial charge in [0, 0.05) is 33.9 Å². The predicted molar refractivity (Wildman–Crippen MR) is 106 cm³/mol. The van der Waals surface area contributed by atoms with Gasteiger partial charge in [-0.3, -0.25) is 4.79 Å². The molecule has 0 bridgehead atoms. The van der Waals surface area contributed by atoms with Gasteiger partial charge in [0.15, 0.2) is 0 Å². The first-order valence-corrected chi connectivity index (χ1v) is 8.53. The van der Waals surface area contributed by atoms with Gasteiger partial charge in [-0.05, 0) is 34.4 Å². The summed E-state index contributed by atoms with van der Waals surface area (Å²) in [6.07, 6.45) is 0. The van der Waals surface area contributed by atoms with Crippen LogP contribution in [0.1, 0.15) is 6.92 Å². The van der Waals surface area contributed by atoms with Crippen molar-refractivity contribution in [1.29, 1.82) is 0 Å². The number of hydrogen-bond acceptors (Lipinski definition) is 3. The molecule has 0 atom stereocenters. The van der Waals surface area contributed by atoms with E-state index in [0.29, 0.717) is 5.75 Å². The van der Waals surface area contributed by atoms with E-state index >= 15 is 0 Å². The van der Waals surface area contributed by atoms with E-state index in [1.807, 2.05) is 30.3 Å². The van der Waals surface area contributed by atoms with Crippen molar-refractivity contribution in [3.05, 3.63) is 60.7 Å². The predicted octanol–water partition coefficient (Wildman–Crippen LogP) is 5.67. The Bertz CT molecular complexity index is 1320. The molecule has 0 spiro atoms. The molecule has 5 aromatic rings. The monoisotopic (exact) mass is 340 g/mol. The number of hydrogen-bond donors (Lipinski definition) is 0. The minimum absolute atomic E-state index is 0.317. The molecule has 126 valence electrons. The number of rotatable bonds is 2. The summed E-state index contributed by atoms with van der Waals surface area (Å²) in [5.74, 6) is 1.15. The maximum atomic E-state index is 11.5. The molecule has 0 aromatic heterocycles. The van der Waals surface area contributed by atoms with Crippen LogP contribution in [-0.4, -0.2) is 13.1 Å². The fraction of sp³-hybridized carbons (Fsp3) is 0.0870. The summed E-state index contributed by atoms with van der Waals surface area (Å²) in [4.78, 5) is 11.5. The standard InChI is InChI=1S/C23H16O3/c1-13(24)26-20-12-8-14-7-9-19-22-16(10-11-18(20)21(14)22)15-5-3-4-6-17(15)23(19)25-2/h3-12H,1-2H3. The van der Waals surface area contributed by atoms with Crippen molar-refractivity contribution in [2.75, 3.05) is 7.11 Å². The van der Waals surface area contributed by atoms with Gasteiger partial charge in [-0.15, -0.1) is 0 Å². The third kappa shape index (κ3) is 1.91. The van der Waals surface area contributed by atoms with Crippen molar-refractivity contribution in [1.82, 2.24) is 0 Å². The Labute approximate surface area is 150 Å². The lowest BCUT2D eigenvalue weighted by Crippen LogP contribution is -2.02. The molecule has 0 aliphatic heterocycles. The molecule has 0 heterocycles. The zero-order valence-corrected chi connectivity index (χ0v) is 14.5. The third-order valence-corrected chi connectivity index (χ3v) is 5.04. The Balaban J connectivity index is 2.07. The van der Waals surface area contributed by atoms with Gasteiger partial charge in [0.1, 0.15) is 11.5 Å². The number of esters is 1. The maximum absolute atomic E-state index is 11.5. The van der Waals surface area contributed by atoms with Gasteiger partial charge >= 0.3 is 5.97 Å². The molecule has 0 aliphatic rings. The molecule has 3 nitrogen and oxygen atoms in total. The number of methoxy groups -OCH3 is 1. The highest BCUT2D eigenvalue weighted by molar-refractivity contribution is 6.31. The zero-order valence-electron chi connectivity index (χ0n) is 14.5. The molecule has 5 rings (SSSR count). The number of ether oxygens (including phenoxy) is 2. The highest BCUT2D eigenvalue weighted by Gasteiger charge is 2.18. The van der Waals surface area contributed by atoms with Gasteiger partial charge in [0.25, 0.3) is 0 Å². The van der Waals surface area contributed by atoms with Crippen LogP contribution in [0.4, 0.5) is 0 Å². The van der Waals surface area contributed by atoms with Crippen LogP contribution in [0.2, 0.25) is 0 Å². The second-order valence-electron chi connectivity index (χ2n) is 6.48. The molecule has 26 heavy (non-hydrogen) atoms. The lowest BCUT2D eigenvalue weighted by atomic mass is 9.90. The Hall–Kier alpha value is -3.33. The summed E-state index contributed by atoms with van der Waals surface area (Å²) in [6.45, 7) is 1.43. The normalized spacial score (nSPS) is 11.6. The smallest absolute Gasteiger partial charge is 0.308 e. The van der Waals surface area contributed by atoms with E-state index in [9.17, 15) is 4.79 Å². The van der Waals surface area contributed by atoms with E-state index < -0.39 is 0 Å². The lowest BCUT2D eigenvalue weighted by Gasteiger charge is -2.17. The third-order valence-electron chi connectivity index (χ3n) is 5.04. The second kappa shape index (κ2) is 5.33. The van der Waals surface area contributed by atoms with Crippen molar-refractivity contribution in [2.24, 2.45) is 0 Å². The summed E-state index contributed by atoms with van der Waals surface area (Å²) < 4.78 is 11.2. The topological polar surface area (TPSA) is 35.5 Å². The van der Waals surface area contributed by atoms with E-state index in [1.54, 1.807) is 7.11 Å². The highest BCUT2D eigenvalue weighted by atomic mass is 16.5. The Morgan fingerprint density at radius 2 is 1.42 bits per heavy atom. The minimum atomic E-state index is -0.317. The average molecular weight is 340 g/mol. The van der Waals surface area contributed by atoms with Gasteiger partial charge in [-0.25, -0.2) is 0 Å². The molecule has 0 unspecified atom stereocenters. The van der Waals surface area contributed by atoms with Crippen LogP contribution in [0.5, 0.6) is 11.5 Å². The fourth-order valence-corrected chi connectivity index (χ4v) is 4.06. The largest absolute Gasteiger partial charge is 0.495 e. The Kier molecular flexibility index (Phi) is 3.07. The molecule has 0 amide bonds. The summed E-state index contributed by atoms with van der Waals surface area (Å²) in [5.41, 5.74) is 0. The summed E-state index contributed by atoms with van der Waals surface area (Å²) in [5, 5.41) is 8.80. The molecular weight excluding hydrogens is 324 g/mol. The quantitative estimate of drug-likeness (QED) is 0.180. The molecule has 3 heteroatoms. The number of carbonyl (C=O) groups is 1. The van der Waals surface area contributed by atoms with Crippen LogP contribution < -0.4 is 9.47 Å². The van der Waals surface area contributed by atoms with Crippen LogP contribution >= 0.6 is 0 Å². The molecule has 0 fully saturated rings. The van der Waals surface area contributed by atoms with E-state index in [1.165, 1.54) is 12.3 Å². The second-order valence-corrected chi connectivity index (χ2v) is 6.48. The van der Waals surface area contributed by atoms with Crippen LogP contribution in [0.3, 0.4) is 0 Å². The molecule has 0 saturated carbocycles. The van der Waals surface area contributed by atoms with E-state index in [2.05, 4.69) is 30.3 Å². The SMILES string of the molecule is COc1c2ccccc2c2ccc3c(OC(C)=O)ccc4ccc1c2c43. The molecule has 0 saturated heterocycles. The first kappa shape index (κ1) is 15.0. The molecule has 5 aromatic carbocycles. The Morgan fingerprint density at radius 1 is 0.731 bits per heavy atom. The maximum Gasteiger partial charge on any atom is 0.308 e. The first-order chi connectivity index (χ1) is 12.7. The first-order valence-electron chi connectivity index (χ1n) is 8.53. The van der Waals surface area contributed by atoms with E-state index in [0.717, 1.165) is 43.5 Å². The average Bonchev–Trinajstić information content (AvgIpc) is 2.66. The van der Waals surface area contributed by atoms with Crippen molar-refractivity contribution in [3.63, 3.8) is 0 Å². The molecule has 0 aliphatic carbocycles. The lowest BCUT2D eigenvalue weighted by molar-refractivity contribution is -0.131. The van der Waals surface area contributed by atoms with E-state index in [4.69, 9.17) is 9.47 Å². The van der Waals surface area contributed by atoms with Crippen molar-refractivity contribution < 1.29 is 14.3 Å². The van der Waals surface area contributed by atoms with Gasteiger partial charge in [0.05, 0.1) is 7.11 Å². The van der Waals surface area contributed by atoms with Crippen molar-refractivity contribution in [2.45, 2.75) is 6.92 Å². The van der Waals surface area contributed by atoms with Crippen LogP contribution in [-0.2, 0) is 4.79 Å². The molecular formula is C23H16O3. The zero-order chi connectivity index (χ0) is 17.8. The Morgan fingerprint density at radius 3 is 2.19 bits per heavy atom. The van der Waals surface area contributed by atoms with E-state index in [-0.39, 0.29) is 5.97 Å². The van der Waals surface area contributed by atoms with Gasteiger partial charge in [-0.2, -0.15) is 0 Å². The highest BCUT2D eigenvalue weighted by Crippen LogP contribution is 2.45. The molecule has 0 N–H and O–H groups in total. The van der Waals surface area contributed by atoms with Crippen molar-refractivity contribution >= 4 is 49.1 Å². The minimum Gasteiger partial charge on any atom is -0.495 e. The number of carbonyl (C=O) groups excluding carboxylic acids is 1. The van der Waals surface area contributed by atoms with Crippen LogP contribution in [0.25, 0.3) is 43.1 Å². The number of benzene rings is 5. The summed E-state index contributed by atoms with van der Waals surface area (Å²) in [6, 6.07) is 20.5. The summed E-state index contributed by atoms with van der Waals surface area (Å²) in [7, 11) is 1.71. The van der Waals surface area contributed by atoms with Gasteiger partial charge < -0.3 is 9.47 Å². The van der Waals surface area contributed by atoms with Crippen LogP contribution in [0, 0.1) is 0 Å². The van der Waals surface area contributed by atoms with Crippen molar-refractivity contribution in [3.8, 4) is 11.5 Å². The van der Waals surface area contributed by atoms with Gasteiger partial charge in [0.2, 0.25) is 0 Å². The number of fused-ring (bicyclic) bond motifs is 2. The molecule has 0 radical (unpaired) electrons. The fourth-order valence-electron chi connectivity index (χ4n) is 4.06. The summed E-state index contributed by atoms with van der Waals surface area (Å²) >= 11 is 0. The van der Waals surface area contributed by atoms with Crippen LogP contribution in [0.15, 0.2) is 60.7 Å². The van der Waals surface area contributed by atoms with Gasteiger partial charge in [-0.1, -0.05) is 42.5 Å².